The molecule has 0 spiro atoms. The van der Waals surface area contributed by atoms with Crippen LogP contribution in [0.5, 0.6) is 0 Å². The average molecular weight is 515 g/mol. The first-order valence-electron chi connectivity index (χ1n) is 10.4. The number of methoxy groups -OCH3 is 1. The number of oxime groups is 2. The van der Waals surface area contributed by atoms with Crippen LogP contribution in [0.3, 0.4) is 0 Å². The molecule has 0 atom stereocenters. The van der Waals surface area contributed by atoms with Crippen LogP contribution in [-0.4, -0.2) is 32.9 Å². The third-order valence-electron chi connectivity index (χ3n) is 4.87. The number of benzene rings is 3. The molecule has 0 N–H and O–H groups in total. The Labute approximate surface area is 208 Å². The second-order valence-electron chi connectivity index (χ2n) is 7.39. The third kappa shape index (κ3) is 6.91. The van der Waals surface area contributed by atoms with Crippen molar-refractivity contribution in [2.75, 3.05) is 7.11 Å². The van der Waals surface area contributed by atoms with Crippen LogP contribution in [0.2, 0.25) is 5.02 Å². The van der Waals surface area contributed by atoms with Crippen molar-refractivity contribution < 1.29 is 27.1 Å². The number of nitrogens with zero attached hydrogens (tertiary/aromatic N) is 2. The summed E-state index contributed by atoms with van der Waals surface area (Å²) in [5.41, 5.74) is 2.78. The first-order valence-corrected chi connectivity index (χ1v) is 12.2. The number of carbonyl (C=O) groups excluding carboxylic acids is 1. The van der Waals surface area contributed by atoms with Crippen LogP contribution in [-0.2, 0) is 35.4 Å². The zero-order chi connectivity index (χ0) is 25.4. The van der Waals surface area contributed by atoms with E-state index in [2.05, 4.69) is 10.3 Å². The molecule has 10 heteroatoms. The minimum absolute atomic E-state index is 0.0260. The molecule has 0 aliphatic carbocycles. The van der Waals surface area contributed by atoms with Crippen LogP contribution in [0, 0.1) is 6.92 Å². The highest BCUT2D eigenvalue weighted by Crippen LogP contribution is 2.17. The van der Waals surface area contributed by atoms with Gasteiger partial charge < -0.3 is 9.57 Å². The van der Waals surface area contributed by atoms with Crippen molar-refractivity contribution in [3.63, 3.8) is 0 Å². The molecule has 0 amide bonds. The largest absolute Gasteiger partial charge is 0.464 e. The van der Waals surface area contributed by atoms with Gasteiger partial charge >= 0.3 is 16.1 Å². The predicted octanol–water partition coefficient (Wildman–Crippen LogP) is 4.87. The maximum Gasteiger partial charge on any atom is 0.360 e. The van der Waals surface area contributed by atoms with Gasteiger partial charge in [-0.1, -0.05) is 76.0 Å². The minimum Gasteiger partial charge on any atom is -0.464 e. The van der Waals surface area contributed by atoms with Crippen molar-refractivity contribution in [3.05, 3.63) is 100 Å². The van der Waals surface area contributed by atoms with E-state index in [0.29, 0.717) is 16.3 Å². The van der Waals surface area contributed by atoms with E-state index in [1.165, 1.54) is 12.1 Å². The number of esters is 1. The van der Waals surface area contributed by atoms with Gasteiger partial charge in [-0.3, -0.25) is 4.28 Å². The predicted molar refractivity (Wildman–Crippen MR) is 133 cm³/mol. The Morgan fingerprint density at radius 3 is 2.26 bits per heavy atom. The van der Waals surface area contributed by atoms with Gasteiger partial charge in [-0.2, -0.15) is 8.42 Å². The standard InChI is InChI=1S/C25H23ClN2O6S/c1-17-8-14-22(15-9-17)35(30,31)34-28-24(25(29)32-3)23-7-5-4-6-20(23)16-33-27-18(2)19-10-12-21(26)13-11-19/h4-15H,16H2,1-3H3. The fourth-order valence-corrected chi connectivity index (χ4v) is 3.80. The van der Waals surface area contributed by atoms with Gasteiger partial charge in [0.05, 0.1) is 12.8 Å². The molecule has 3 aromatic rings. The van der Waals surface area contributed by atoms with E-state index in [1.807, 2.05) is 19.1 Å². The second kappa shape index (κ2) is 11.6. The minimum atomic E-state index is -4.25. The van der Waals surface area contributed by atoms with Crippen molar-refractivity contribution in [1.82, 2.24) is 0 Å². The quantitative estimate of drug-likeness (QED) is 0.229. The zero-order valence-corrected chi connectivity index (χ0v) is 20.8. The lowest BCUT2D eigenvalue weighted by Crippen LogP contribution is -2.20. The van der Waals surface area contributed by atoms with Gasteiger partial charge in [0.15, 0.2) is 5.71 Å². The topological polar surface area (TPSA) is 104 Å². The second-order valence-corrected chi connectivity index (χ2v) is 9.35. The number of hydrogen-bond donors (Lipinski definition) is 0. The number of rotatable bonds is 9. The number of ether oxygens (including phenoxy) is 1. The molecule has 0 bridgehead atoms. The molecule has 3 rings (SSSR count). The van der Waals surface area contributed by atoms with Crippen molar-refractivity contribution in [2.45, 2.75) is 25.3 Å². The molecule has 0 aliphatic rings. The first-order chi connectivity index (χ1) is 16.7. The van der Waals surface area contributed by atoms with Gasteiger partial charge in [0.1, 0.15) is 11.5 Å². The van der Waals surface area contributed by atoms with E-state index in [9.17, 15) is 13.2 Å². The summed E-state index contributed by atoms with van der Waals surface area (Å²) in [5.74, 6) is -0.877. The molecule has 0 saturated heterocycles. The molecular weight excluding hydrogens is 492 g/mol. The molecule has 0 aliphatic heterocycles. The Kier molecular flexibility index (Phi) is 8.62. The van der Waals surface area contributed by atoms with E-state index in [0.717, 1.165) is 18.2 Å². The highest BCUT2D eigenvalue weighted by molar-refractivity contribution is 7.86. The lowest BCUT2D eigenvalue weighted by atomic mass is 10.0. The van der Waals surface area contributed by atoms with Crippen LogP contribution in [0.1, 0.15) is 29.2 Å². The molecule has 0 fully saturated rings. The molecule has 0 unspecified atom stereocenters. The summed E-state index contributed by atoms with van der Waals surface area (Å²) in [6, 6.07) is 19.8. The third-order valence-corrected chi connectivity index (χ3v) is 6.24. The Morgan fingerprint density at radius 2 is 1.60 bits per heavy atom. The fraction of sp³-hybridized carbons (Fsp3) is 0.160. The lowest BCUT2D eigenvalue weighted by Gasteiger charge is -2.10. The molecule has 0 saturated carbocycles. The summed E-state index contributed by atoms with van der Waals surface area (Å²) < 4.78 is 34.7. The molecule has 3 aromatic carbocycles. The smallest absolute Gasteiger partial charge is 0.360 e. The lowest BCUT2D eigenvalue weighted by molar-refractivity contribution is -0.132. The molecule has 0 aromatic heterocycles. The van der Waals surface area contributed by atoms with Crippen LogP contribution in [0.4, 0.5) is 0 Å². The van der Waals surface area contributed by atoms with E-state index in [1.54, 1.807) is 55.5 Å². The van der Waals surface area contributed by atoms with E-state index < -0.39 is 16.1 Å². The highest BCUT2D eigenvalue weighted by Gasteiger charge is 2.22. The highest BCUT2D eigenvalue weighted by atomic mass is 35.5. The molecule has 0 heterocycles. The van der Waals surface area contributed by atoms with Crippen LogP contribution in [0.25, 0.3) is 0 Å². The summed E-state index contributed by atoms with van der Waals surface area (Å²) in [6.07, 6.45) is 0. The van der Waals surface area contributed by atoms with E-state index >= 15 is 0 Å². The number of carbonyl (C=O) groups is 1. The first kappa shape index (κ1) is 25.9. The van der Waals surface area contributed by atoms with Crippen LogP contribution in [0.15, 0.2) is 88.0 Å². The summed E-state index contributed by atoms with van der Waals surface area (Å²) in [7, 11) is -3.10. The summed E-state index contributed by atoms with van der Waals surface area (Å²) >= 11 is 5.91. The number of hydrogen-bond acceptors (Lipinski definition) is 8. The fourth-order valence-electron chi connectivity index (χ4n) is 2.95. The molecule has 182 valence electrons. The molecular formula is C25H23ClN2O6S. The monoisotopic (exact) mass is 514 g/mol. The van der Waals surface area contributed by atoms with E-state index in [4.69, 9.17) is 25.5 Å². The maximum absolute atomic E-state index is 12.5. The van der Waals surface area contributed by atoms with Gasteiger partial charge in [0, 0.05) is 16.1 Å². The Morgan fingerprint density at radius 1 is 0.943 bits per heavy atom. The Balaban J connectivity index is 1.85. The summed E-state index contributed by atoms with van der Waals surface area (Å²) in [5, 5.41) is 8.36. The molecule has 0 radical (unpaired) electrons. The van der Waals surface area contributed by atoms with Gasteiger partial charge in [0.2, 0.25) is 0 Å². The maximum atomic E-state index is 12.5. The Bertz CT molecular complexity index is 1350. The van der Waals surface area contributed by atoms with Gasteiger partial charge in [-0.25, -0.2) is 4.79 Å². The average Bonchev–Trinajstić information content (AvgIpc) is 2.85. The SMILES string of the molecule is COC(=O)C(=NOS(=O)(=O)c1ccc(C)cc1)c1ccccc1CON=C(C)c1ccc(Cl)cc1. The van der Waals surface area contributed by atoms with E-state index in [-0.39, 0.29) is 22.8 Å². The van der Waals surface area contributed by atoms with Crippen LogP contribution >= 0.6 is 11.6 Å². The van der Waals surface area contributed by atoms with Crippen molar-refractivity contribution in [2.24, 2.45) is 10.3 Å². The number of halogens is 1. The zero-order valence-electron chi connectivity index (χ0n) is 19.3. The summed E-state index contributed by atoms with van der Waals surface area (Å²) in [6.45, 7) is 3.58. The van der Waals surface area contributed by atoms with Crippen molar-refractivity contribution >= 4 is 39.1 Å². The van der Waals surface area contributed by atoms with Crippen molar-refractivity contribution in [1.29, 1.82) is 0 Å². The summed E-state index contributed by atoms with van der Waals surface area (Å²) in [4.78, 5) is 17.8. The van der Waals surface area contributed by atoms with Gasteiger partial charge in [0.25, 0.3) is 0 Å². The van der Waals surface area contributed by atoms with Crippen LogP contribution < -0.4 is 0 Å². The van der Waals surface area contributed by atoms with Crippen molar-refractivity contribution in [3.8, 4) is 0 Å². The Hall–Kier alpha value is -3.69. The van der Waals surface area contributed by atoms with Gasteiger partial charge in [-0.05, 0) is 43.7 Å². The van der Waals surface area contributed by atoms with Gasteiger partial charge in [-0.15, -0.1) is 0 Å². The normalized spacial score (nSPS) is 12.2. The number of aryl methyl sites for hydroxylation is 1. The molecule has 8 nitrogen and oxygen atoms in total. The molecule has 35 heavy (non-hydrogen) atoms.